The van der Waals surface area contributed by atoms with Gasteiger partial charge in [0.2, 0.25) is 5.91 Å². The molecule has 1 aromatic rings. The fourth-order valence-corrected chi connectivity index (χ4v) is 2.92. The van der Waals surface area contributed by atoms with Gasteiger partial charge >= 0.3 is 0 Å². The maximum atomic E-state index is 11.9. The number of hydrogen-bond donors (Lipinski definition) is 3. The molecule has 0 aliphatic carbocycles. The van der Waals surface area contributed by atoms with Crippen molar-refractivity contribution in [1.29, 1.82) is 0 Å². The van der Waals surface area contributed by atoms with Crippen LogP contribution in [0.1, 0.15) is 44.7 Å². The summed E-state index contributed by atoms with van der Waals surface area (Å²) in [6.45, 7) is 8.84. The monoisotopic (exact) mass is 390 g/mol. The molecule has 3 N–H and O–H groups in total. The van der Waals surface area contributed by atoms with Crippen molar-refractivity contribution in [3.63, 3.8) is 0 Å². The number of rotatable bonds is 7. The van der Waals surface area contributed by atoms with E-state index in [-0.39, 0.29) is 24.1 Å². The van der Waals surface area contributed by atoms with Crippen LogP contribution < -0.4 is 16.0 Å². The molecule has 0 aromatic heterocycles. The molecule has 0 spiro atoms. The summed E-state index contributed by atoms with van der Waals surface area (Å²) in [4.78, 5) is 16.1. The Labute approximate surface area is 168 Å². The molecule has 1 saturated heterocycles. The molecule has 0 saturated carbocycles. The average molecular weight is 391 g/mol. The molecule has 0 radical (unpaired) electrons. The Hall–Kier alpha value is -2.12. The maximum Gasteiger partial charge on any atom is 0.239 e. The van der Waals surface area contributed by atoms with Gasteiger partial charge in [0.15, 0.2) is 5.96 Å². The van der Waals surface area contributed by atoms with E-state index in [2.05, 4.69) is 39.1 Å². The van der Waals surface area contributed by atoms with E-state index in [0.29, 0.717) is 19.1 Å². The highest BCUT2D eigenvalue weighted by molar-refractivity contribution is 5.86. The second kappa shape index (κ2) is 11.0. The van der Waals surface area contributed by atoms with Crippen molar-refractivity contribution in [2.45, 2.75) is 58.4 Å². The minimum Gasteiger partial charge on any atom is -0.381 e. The summed E-state index contributed by atoms with van der Waals surface area (Å²) in [5.74, 6) is 0.524. The van der Waals surface area contributed by atoms with Crippen molar-refractivity contribution >= 4 is 11.9 Å². The smallest absolute Gasteiger partial charge is 0.239 e. The second-order valence-electron chi connectivity index (χ2n) is 8.02. The highest BCUT2D eigenvalue weighted by Crippen LogP contribution is 2.14. The molecule has 7 heteroatoms. The first-order valence-electron chi connectivity index (χ1n) is 9.88. The number of amides is 1. The molecule has 0 bridgehead atoms. The van der Waals surface area contributed by atoms with Gasteiger partial charge in [0.1, 0.15) is 0 Å². The predicted octanol–water partition coefficient (Wildman–Crippen LogP) is 1.96. The molecule has 156 valence electrons. The summed E-state index contributed by atoms with van der Waals surface area (Å²) in [5, 5.41) is 9.19. The number of aliphatic imine (C=N–C) groups is 1. The number of benzene rings is 1. The van der Waals surface area contributed by atoms with Crippen molar-refractivity contribution in [3.8, 4) is 0 Å². The zero-order valence-corrected chi connectivity index (χ0v) is 17.5. The van der Waals surface area contributed by atoms with Crippen molar-refractivity contribution < 1.29 is 14.3 Å². The molecule has 1 fully saturated rings. The quantitative estimate of drug-likeness (QED) is 0.490. The normalized spacial score (nSPS) is 15.9. The Morgan fingerprint density at radius 2 is 1.93 bits per heavy atom. The first-order chi connectivity index (χ1) is 13.4. The molecule has 1 aromatic carbocycles. The topological polar surface area (TPSA) is 84.0 Å². The van der Waals surface area contributed by atoms with E-state index >= 15 is 0 Å². The minimum absolute atomic E-state index is 0.0669. The predicted molar refractivity (Wildman–Crippen MR) is 111 cm³/mol. The van der Waals surface area contributed by atoms with Gasteiger partial charge in [-0.2, -0.15) is 0 Å². The molecule has 28 heavy (non-hydrogen) atoms. The van der Waals surface area contributed by atoms with Crippen molar-refractivity contribution in [2.75, 3.05) is 26.8 Å². The fraction of sp³-hybridized carbons (Fsp3) is 0.619. The molecule has 0 unspecified atom stereocenters. The Morgan fingerprint density at radius 1 is 1.21 bits per heavy atom. The van der Waals surface area contributed by atoms with E-state index in [1.165, 1.54) is 0 Å². The maximum absolute atomic E-state index is 11.9. The summed E-state index contributed by atoms with van der Waals surface area (Å²) >= 11 is 0. The number of ether oxygens (including phenoxy) is 2. The molecular formula is C21H34N4O3. The third-order valence-corrected chi connectivity index (χ3v) is 4.26. The van der Waals surface area contributed by atoms with Gasteiger partial charge in [-0.1, -0.05) is 24.3 Å². The van der Waals surface area contributed by atoms with Gasteiger partial charge in [-0.3, -0.25) is 9.79 Å². The average Bonchev–Trinajstić information content (AvgIpc) is 2.66. The number of carbonyl (C=O) groups excluding carboxylic acids is 1. The fourth-order valence-electron chi connectivity index (χ4n) is 2.92. The van der Waals surface area contributed by atoms with Crippen molar-refractivity contribution in [2.24, 2.45) is 4.99 Å². The first kappa shape index (κ1) is 22.2. The third-order valence-electron chi connectivity index (χ3n) is 4.26. The Bertz CT molecular complexity index is 649. The van der Waals surface area contributed by atoms with E-state index < -0.39 is 0 Å². The van der Waals surface area contributed by atoms with Crippen LogP contribution >= 0.6 is 0 Å². The van der Waals surface area contributed by atoms with Crippen LogP contribution in [-0.4, -0.2) is 50.3 Å². The Morgan fingerprint density at radius 3 is 2.61 bits per heavy atom. The van der Waals surface area contributed by atoms with Crippen LogP contribution in [0.2, 0.25) is 0 Å². The number of nitrogens with one attached hydrogen (secondary N) is 3. The summed E-state index contributed by atoms with van der Waals surface area (Å²) in [6, 6.07) is 8.30. The lowest BCUT2D eigenvalue weighted by molar-refractivity contribution is -0.121. The zero-order chi connectivity index (χ0) is 20.4. The van der Waals surface area contributed by atoms with E-state index in [9.17, 15) is 4.79 Å². The Kier molecular flexibility index (Phi) is 8.73. The molecule has 1 aliphatic rings. The van der Waals surface area contributed by atoms with Gasteiger partial charge < -0.3 is 25.4 Å². The first-order valence-corrected chi connectivity index (χ1v) is 9.88. The summed E-state index contributed by atoms with van der Waals surface area (Å²) in [5.41, 5.74) is 2.04. The van der Waals surface area contributed by atoms with Gasteiger partial charge in [-0.25, -0.2) is 0 Å². The molecule has 1 amide bonds. The highest BCUT2D eigenvalue weighted by atomic mass is 16.5. The number of guanidine groups is 1. The lowest BCUT2D eigenvalue weighted by Gasteiger charge is -2.22. The van der Waals surface area contributed by atoms with Crippen LogP contribution in [0, 0.1) is 0 Å². The van der Waals surface area contributed by atoms with E-state index in [1.54, 1.807) is 7.05 Å². The van der Waals surface area contributed by atoms with Crippen molar-refractivity contribution in [3.05, 3.63) is 35.4 Å². The van der Waals surface area contributed by atoms with Gasteiger partial charge in [-0.05, 0) is 44.7 Å². The number of hydrogen-bond acceptors (Lipinski definition) is 4. The van der Waals surface area contributed by atoms with Crippen LogP contribution in [0.4, 0.5) is 0 Å². The summed E-state index contributed by atoms with van der Waals surface area (Å²) in [7, 11) is 1.69. The number of carbonyl (C=O) groups is 1. The lowest BCUT2D eigenvalue weighted by Crippen LogP contribution is -2.48. The standard InChI is InChI=1S/C21H34N4O3/c1-21(2,3)25-19(26)14-24-20(22-4)23-13-16-6-5-7-17(12-16)15-28-18-8-10-27-11-9-18/h5-7,12,18H,8-11,13-15H2,1-4H3,(H,25,26)(H2,22,23,24). The number of nitrogens with zero attached hydrogens (tertiary/aromatic N) is 1. The molecule has 1 heterocycles. The van der Waals surface area contributed by atoms with E-state index in [4.69, 9.17) is 9.47 Å². The second-order valence-corrected chi connectivity index (χ2v) is 8.02. The lowest BCUT2D eigenvalue weighted by atomic mass is 10.1. The molecular weight excluding hydrogens is 356 g/mol. The molecule has 2 rings (SSSR count). The van der Waals surface area contributed by atoms with E-state index in [0.717, 1.165) is 37.2 Å². The van der Waals surface area contributed by atoms with Crippen LogP contribution in [-0.2, 0) is 27.4 Å². The third kappa shape index (κ3) is 8.71. The van der Waals surface area contributed by atoms with E-state index in [1.807, 2.05) is 26.8 Å². The molecule has 0 atom stereocenters. The SMILES string of the molecule is CN=C(NCC(=O)NC(C)(C)C)NCc1cccc(COC2CCOCC2)c1. The largest absolute Gasteiger partial charge is 0.381 e. The van der Waals surface area contributed by atoms with Crippen LogP contribution in [0.25, 0.3) is 0 Å². The van der Waals surface area contributed by atoms with Crippen molar-refractivity contribution in [1.82, 2.24) is 16.0 Å². The molecule has 1 aliphatic heterocycles. The van der Waals surface area contributed by atoms with Gasteiger partial charge in [-0.15, -0.1) is 0 Å². The summed E-state index contributed by atoms with van der Waals surface area (Å²) in [6.07, 6.45) is 2.22. The van der Waals surface area contributed by atoms with Crippen LogP contribution in [0.15, 0.2) is 29.3 Å². The highest BCUT2D eigenvalue weighted by Gasteiger charge is 2.15. The zero-order valence-electron chi connectivity index (χ0n) is 17.5. The Balaban J connectivity index is 1.76. The van der Waals surface area contributed by atoms with Gasteiger partial charge in [0.05, 0.1) is 19.3 Å². The van der Waals surface area contributed by atoms with Gasteiger partial charge in [0.25, 0.3) is 0 Å². The van der Waals surface area contributed by atoms with Crippen LogP contribution in [0.5, 0.6) is 0 Å². The molecule has 7 nitrogen and oxygen atoms in total. The van der Waals surface area contributed by atoms with Gasteiger partial charge in [0, 0.05) is 32.3 Å². The van der Waals surface area contributed by atoms with Crippen LogP contribution in [0.3, 0.4) is 0 Å². The summed E-state index contributed by atoms with van der Waals surface area (Å²) < 4.78 is 11.4. The minimum atomic E-state index is -0.247.